The van der Waals surface area contributed by atoms with Crippen LogP contribution in [0.3, 0.4) is 0 Å². The van der Waals surface area contributed by atoms with Crippen LogP contribution in [0.1, 0.15) is 37.8 Å². The summed E-state index contributed by atoms with van der Waals surface area (Å²) in [6.07, 6.45) is -0.605. The van der Waals surface area contributed by atoms with Gasteiger partial charge in [0.05, 0.1) is 12.5 Å². The Kier molecular flexibility index (Phi) is 12.1. The fraction of sp³-hybridized carbons (Fsp3) is 0.393. The Morgan fingerprint density at radius 1 is 0.725 bits per heavy atom. The number of carbonyl (C=O) groups excluding carboxylic acids is 3. The van der Waals surface area contributed by atoms with Crippen molar-refractivity contribution in [3.05, 3.63) is 65.7 Å². The first kappa shape index (κ1) is 31.8. The molecule has 3 amide bonds. The number of nitrogens with one attached hydrogen (secondary N) is 3. The number of aromatic hydroxyl groups is 1. The van der Waals surface area contributed by atoms with Gasteiger partial charge in [0.25, 0.3) is 0 Å². The molecule has 2 aromatic rings. The van der Waals surface area contributed by atoms with Crippen molar-refractivity contribution in [2.24, 2.45) is 11.7 Å². The van der Waals surface area contributed by atoms with Gasteiger partial charge in [-0.15, -0.1) is 0 Å². The number of carboxylic acid groups (broad SMARTS) is 2. The van der Waals surface area contributed by atoms with Crippen LogP contribution in [-0.2, 0) is 36.8 Å². The standard InChI is InChI=1S/C28H36N4O8/c1-16(2)12-20(29)25(36)30-21(13-18-8-10-19(33)11-9-18)26(37)31-22(15-24(34)35)27(38)32-23(28(39)40)14-17-6-4-3-5-7-17/h3-11,16,20-23,33H,12-15,29H2,1-2H3,(H,30,36)(H,31,37)(H,32,38)(H,34,35)(H,39,40). The average Bonchev–Trinajstić information content (AvgIpc) is 2.88. The number of hydrogen-bond donors (Lipinski definition) is 7. The molecule has 2 rings (SSSR count). The summed E-state index contributed by atoms with van der Waals surface area (Å²) in [7, 11) is 0. The van der Waals surface area contributed by atoms with Crippen molar-refractivity contribution in [3.63, 3.8) is 0 Å². The molecule has 0 aromatic heterocycles. The lowest BCUT2D eigenvalue weighted by atomic mass is 10.0. The van der Waals surface area contributed by atoms with E-state index in [0.717, 1.165) is 0 Å². The first-order valence-electron chi connectivity index (χ1n) is 12.8. The van der Waals surface area contributed by atoms with Gasteiger partial charge in [-0.25, -0.2) is 4.79 Å². The topological polar surface area (TPSA) is 208 Å². The van der Waals surface area contributed by atoms with Crippen molar-refractivity contribution in [1.29, 1.82) is 0 Å². The van der Waals surface area contributed by atoms with Crippen LogP contribution in [-0.4, -0.2) is 69.1 Å². The summed E-state index contributed by atoms with van der Waals surface area (Å²) < 4.78 is 0. The van der Waals surface area contributed by atoms with Gasteiger partial charge >= 0.3 is 11.9 Å². The molecule has 216 valence electrons. The second-order valence-corrected chi connectivity index (χ2v) is 9.92. The van der Waals surface area contributed by atoms with Gasteiger partial charge in [-0.05, 0) is 35.6 Å². The van der Waals surface area contributed by atoms with E-state index >= 15 is 0 Å². The van der Waals surface area contributed by atoms with Crippen LogP contribution in [0.2, 0.25) is 0 Å². The summed E-state index contributed by atoms with van der Waals surface area (Å²) in [4.78, 5) is 62.4. The number of phenols is 1. The zero-order valence-electron chi connectivity index (χ0n) is 22.4. The first-order valence-corrected chi connectivity index (χ1v) is 12.8. The molecule has 0 fully saturated rings. The molecule has 8 N–H and O–H groups in total. The molecule has 0 aliphatic carbocycles. The van der Waals surface area contributed by atoms with E-state index in [2.05, 4.69) is 16.0 Å². The fourth-order valence-electron chi connectivity index (χ4n) is 3.95. The molecular formula is C28H36N4O8. The van der Waals surface area contributed by atoms with Crippen molar-refractivity contribution in [1.82, 2.24) is 16.0 Å². The van der Waals surface area contributed by atoms with Crippen LogP contribution in [0.4, 0.5) is 0 Å². The van der Waals surface area contributed by atoms with Crippen LogP contribution in [0.5, 0.6) is 5.75 Å². The monoisotopic (exact) mass is 556 g/mol. The Hall–Kier alpha value is -4.45. The van der Waals surface area contributed by atoms with E-state index in [4.69, 9.17) is 5.73 Å². The number of rotatable bonds is 15. The number of nitrogens with two attached hydrogens (primary N) is 1. The highest BCUT2D eigenvalue weighted by atomic mass is 16.4. The maximum absolute atomic E-state index is 13.3. The minimum atomic E-state index is -1.63. The maximum atomic E-state index is 13.3. The third kappa shape index (κ3) is 10.7. The molecule has 0 spiro atoms. The summed E-state index contributed by atoms with van der Waals surface area (Å²) in [6, 6.07) is 9.22. The molecule has 0 radical (unpaired) electrons. The molecule has 4 atom stereocenters. The SMILES string of the molecule is CC(C)CC(N)C(=O)NC(Cc1ccc(O)cc1)C(=O)NC(CC(=O)O)C(=O)NC(Cc1ccccc1)C(=O)O. The molecule has 12 nitrogen and oxygen atoms in total. The van der Waals surface area contributed by atoms with Crippen LogP contribution in [0.15, 0.2) is 54.6 Å². The molecule has 0 bridgehead atoms. The largest absolute Gasteiger partial charge is 0.508 e. The zero-order chi connectivity index (χ0) is 29.8. The smallest absolute Gasteiger partial charge is 0.326 e. The van der Waals surface area contributed by atoms with E-state index in [0.29, 0.717) is 17.5 Å². The van der Waals surface area contributed by atoms with Gasteiger partial charge in [-0.1, -0.05) is 56.3 Å². The van der Waals surface area contributed by atoms with Crippen molar-refractivity contribution >= 4 is 29.7 Å². The Morgan fingerprint density at radius 2 is 1.23 bits per heavy atom. The zero-order valence-corrected chi connectivity index (χ0v) is 22.4. The molecule has 40 heavy (non-hydrogen) atoms. The lowest BCUT2D eigenvalue weighted by Crippen LogP contribution is -2.58. The molecule has 0 aliphatic heterocycles. The van der Waals surface area contributed by atoms with E-state index in [9.17, 15) is 39.3 Å². The Bertz CT molecular complexity index is 1170. The third-order valence-corrected chi connectivity index (χ3v) is 5.98. The number of carbonyl (C=O) groups is 5. The van der Waals surface area contributed by atoms with Gasteiger partial charge in [0.2, 0.25) is 17.7 Å². The van der Waals surface area contributed by atoms with Crippen LogP contribution >= 0.6 is 0 Å². The summed E-state index contributed by atoms with van der Waals surface area (Å²) in [5.41, 5.74) is 7.15. The number of hydrogen-bond acceptors (Lipinski definition) is 7. The quantitative estimate of drug-likeness (QED) is 0.163. The van der Waals surface area contributed by atoms with E-state index in [-0.39, 0.29) is 24.5 Å². The Labute approximate surface area is 232 Å². The molecular weight excluding hydrogens is 520 g/mol. The molecule has 0 saturated carbocycles. The minimum absolute atomic E-state index is 0.00516. The van der Waals surface area contributed by atoms with E-state index in [1.165, 1.54) is 24.3 Å². The fourth-order valence-corrected chi connectivity index (χ4v) is 3.95. The minimum Gasteiger partial charge on any atom is -0.508 e. The number of aliphatic carboxylic acids is 2. The lowest BCUT2D eigenvalue weighted by molar-refractivity contribution is -0.143. The number of amides is 3. The Balaban J connectivity index is 2.24. The summed E-state index contributed by atoms with van der Waals surface area (Å²) >= 11 is 0. The van der Waals surface area contributed by atoms with Crippen molar-refractivity contribution < 1.29 is 39.3 Å². The van der Waals surface area contributed by atoms with Crippen LogP contribution in [0, 0.1) is 5.92 Å². The Morgan fingerprint density at radius 3 is 1.77 bits per heavy atom. The number of carboxylic acids is 2. The van der Waals surface area contributed by atoms with Crippen LogP contribution in [0.25, 0.3) is 0 Å². The van der Waals surface area contributed by atoms with E-state index in [1.54, 1.807) is 30.3 Å². The van der Waals surface area contributed by atoms with Gasteiger partial charge in [0.1, 0.15) is 23.9 Å². The molecule has 0 aliphatic rings. The molecule has 0 heterocycles. The van der Waals surface area contributed by atoms with E-state index < -0.39 is 60.2 Å². The molecule has 4 unspecified atom stereocenters. The summed E-state index contributed by atoms with van der Waals surface area (Å²) in [5, 5.41) is 35.8. The second kappa shape index (κ2) is 15.2. The highest BCUT2D eigenvalue weighted by molar-refractivity contribution is 5.95. The highest BCUT2D eigenvalue weighted by Crippen LogP contribution is 2.13. The molecule has 2 aromatic carbocycles. The van der Waals surface area contributed by atoms with Crippen LogP contribution < -0.4 is 21.7 Å². The first-order chi connectivity index (χ1) is 18.8. The normalized spacial score (nSPS) is 13.9. The highest BCUT2D eigenvalue weighted by Gasteiger charge is 2.32. The van der Waals surface area contributed by atoms with Gasteiger partial charge in [0, 0.05) is 12.8 Å². The molecule has 0 saturated heterocycles. The van der Waals surface area contributed by atoms with Crippen molar-refractivity contribution in [2.45, 2.75) is 63.7 Å². The second-order valence-electron chi connectivity index (χ2n) is 9.92. The van der Waals surface area contributed by atoms with E-state index in [1.807, 2.05) is 13.8 Å². The summed E-state index contributed by atoms with van der Waals surface area (Å²) in [5.74, 6) is -5.13. The number of benzene rings is 2. The predicted octanol–water partition coefficient (Wildman–Crippen LogP) is 0.565. The number of phenolic OH excluding ortho intramolecular Hbond substituents is 1. The van der Waals surface area contributed by atoms with Crippen molar-refractivity contribution in [2.75, 3.05) is 0 Å². The maximum Gasteiger partial charge on any atom is 0.326 e. The predicted molar refractivity (Wildman–Crippen MR) is 145 cm³/mol. The average molecular weight is 557 g/mol. The third-order valence-electron chi connectivity index (χ3n) is 5.98. The summed E-state index contributed by atoms with van der Waals surface area (Å²) in [6.45, 7) is 3.76. The molecule has 12 heteroatoms. The van der Waals surface area contributed by atoms with Gasteiger partial charge in [-0.3, -0.25) is 19.2 Å². The van der Waals surface area contributed by atoms with Gasteiger partial charge in [-0.2, -0.15) is 0 Å². The lowest BCUT2D eigenvalue weighted by Gasteiger charge is -2.25. The van der Waals surface area contributed by atoms with Gasteiger partial charge in [0.15, 0.2) is 0 Å². The van der Waals surface area contributed by atoms with Gasteiger partial charge < -0.3 is 37.0 Å². The van der Waals surface area contributed by atoms with Crippen molar-refractivity contribution in [3.8, 4) is 5.75 Å².